The molecule has 6 heteroatoms. The van der Waals surface area contributed by atoms with Crippen LogP contribution in [0.3, 0.4) is 0 Å². The number of aliphatic hydroxyl groups excluding tert-OH is 2. The Balaban J connectivity index is 3.31. The molecule has 0 saturated carbocycles. The predicted octanol–water partition coefficient (Wildman–Crippen LogP) is 21.1. The largest absolute Gasteiger partial charge is 0.466 e. The standard InChI is InChI=1S/C68H129NO5/c1-3-5-7-9-11-13-15-16-17-36-39-42-46-50-54-58-62-68(73)74-63-59-55-51-47-43-40-37-34-32-30-28-26-24-22-20-18-19-21-23-25-27-29-31-33-35-38-41-45-49-53-57-61-67(72)69-65(64-70)66(71)60-56-52-48-44-14-12-10-8-6-4-2/h13,15,17,36,56,60,65-66,70-71H,3-12,14,16,18-35,37-55,57-59,61-64H2,1-2H3,(H,69,72)/b15-13-,36-17-,60-56+. The Morgan fingerprint density at radius 2 is 0.676 bits per heavy atom. The van der Waals surface area contributed by atoms with Gasteiger partial charge in [-0.3, -0.25) is 9.59 Å². The Bertz CT molecular complexity index is 1200. The van der Waals surface area contributed by atoms with Gasteiger partial charge in [-0.1, -0.05) is 320 Å². The SMILES string of the molecule is CCCCCC/C=C\C/C=C\CCCCCCCC(=O)OCCCCCCCCCCCCCCCCCCCCCCCCCCCCCCCCCC(=O)NC(CO)C(O)/C=C/CCCCCCCCCC. The molecule has 0 spiro atoms. The maximum absolute atomic E-state index is 12.4. The van der Waals surface area contributed by atoms with E-state index in [0.29, 0.717) is 19.4 Å². The van der Waals surface area contributed by atoms with Crippen LogP contribution in [0.15, 0.2) is 36.5 Å². The molecule has 74 heavy (non-hydrogen) atoms. The van der Waals surface area contributed by atoms with Crippen LogP contribution in [0.25, 0.3) is 0 Å². The third-order valence-electron chi connectivity index (χ3n) is 15.4. The molecule has 1 amide bonds. The fraction of sp³-hybridized carbons (Fsp3) is 0.882. The predicted molar refractivity (Wildman–Crippen MR) is 324 cm³/mol. The summed E-state index contributed by atoms with van der Waals surface area (Å²) in [5, 5.41) is 23.0. The topological polar surface area (TPSA) is 95.9 Å². The average Bonchev–Trinajstić information content (AvgIpc) is 3.40. The first-order chi connectivity index (χ1) is 36.5. The minimum atomic E-state index is -0.839. The van der Waals surface area contributed by atoms with Crippen LogP contribution in [0.1, 0.15) is 361 Å². The number of amides is 1. The van der Waals surface area contributed by atoms with Gasteiger partial charge in [-0.2, -0.15) is 0 Å². The van der Waals surface area contributed by atoms with Crippen molar-refractivity contribution >= 4 is 11.9 Å². The second-order valence-electron chi connectivity index (χ2n) is 22.8. The van der Waals surface area contributed by atoms with Crippen LogP contribution in [0.4, 0.5) is 0 Å². The van der Waals surface area contributed by atoms with Gasteiger partial charge in [0, 0.05) is 12.8 Å². The van der Waals surface area contributed by atoms with Gasteiger partial charge in [0.25, 0.3) is 0 Å². The fourth-order valence-electron chi connectivity index (χ4n) is 10.3. The Morgan fingerprint density at radius 1 is 0.378 bits per heavy atom. The van der Waals surface area contributed by atoms with Crippen molar-refractivity contribution < 1.29 is 24.5 Å². The van der Waals surface area contributed by atoms with E-state index in [1.54, 1.807) is 6.08 Å². The number of allylic oxidation sites excluding steroid dienone is 5. The molecular weight excluding hydrogens is 911 g/mol. The Hall–Kier alpha value is -1.92. The summed E-state index contributed by atoms with van der Waals surface area (Å²) >= 11 is 0. The van der Waals surface area contributed by atoms with Crippen molar-refractivity contribution in [3.05, 3.63) is 36.5 Å². The molecule has 6 nitrogen and oxygen atoms in total. The zero-order valence-electron chi connectivity index (χ0n) is 49.8. The molecule has 0 heterocycles. The smallest absolute Gasteiger partial charge is 0.305 e. The van der Waals surface area contributed by atoms with Crippen LogP contribution in [-0.4, -0.2) is 47.4 Å². The molecule has 0 aromatic heterocycles. The van der Waals surface area contributed by atoms with Crippen molar-refractivity contribution in [1.82, 2.24) is 5.32 Å². The second-order valence-corrected chi connectivity index (χ2v) is 22.8. The molecule has 0 aromatic rings. The molecule has 2 atom stereocenters. The maximum atomic E-state index is 12.4. The first kappa shape index (κ1) is 72.1. The summed E-state index contributed by atoms with van der Waals surface area (Å²) in [5.41, 5.74) is 0. The number of ether oxygens (including phenoxy) is 1. The highest BCUT2D eigenvalue weighted by atomic mass is 16.5. The molecule has 436 valence electrons. The van der Waals surface area contributed by atoms with Gasteiger partial charge in [0.05, 0.1) is 25.4 Å². The number of esters is 1. The molecule has 0 aliphatic heterocycles. The van der Waals surface area contributed by atoms with E-state index in [9.17, 15) is 19.8 Å². The first-order valence-corrected chi connectivity index (χ1v) is 33.3. The van der Waals surface area contributed by atoms with Crippen LogP contribution >= 0.6 is 0 Å². The van der Waals surface area contributed by atoms with Crippen molar-refractivity contribution in [2.45, 2.75) is 373 Å². The van der Waals surface area contributed by atoms with Crippen LogP contribution < -0.4 is 5.32 Å². The Morgan fingerprint density at radius 3 is 1.04 bits per heavy atom. The molecule has 0 aliphatic rings. The van der Waals surface area contributed by atoms with Crippen molar-refractivity contribution in [2.75, 3.05) is 13.2 Å². The van der Waals surface area contributed by atoms with Gasteiger partial charge in [-0.15, -0.1) is 0 Å². The monoisotopic (exact) mass is 1040 g/mol. The lowest BCUT2D eigenvalue weighted by Crippen LogP contribution is -2.45. The molecule has 0 fully saturated rings. The Labute approximate surface area is 462 Å². The van der Waals surface area contributed by atoms with Gasteiger partial charge >= 0.3 is 5.97 Å². The Kier molecular flexibility index (Phi) is 62.0. The number of carbonyl (C=O) groups is 2. The summed E-state index contributed by atoms with van der Waals surface area (Å²) in [7, 11) is 0. The summed E-state index contributed by atoms with van der Waals surface area (Å²) in [6.45, 7) is 4.88. The lowest BCUT2D eigenvalue weighted by Gasteiger charge is -2.20. The number of hydrogen-bond donors (Lipinski definition) is 3. The molecule has 0 rings (SSSR count). The van der Waals surface area contributed by atoms with E-state index < -0.39 is 12.1 Å². The van der Waals surface area contributed by atoms with Gasteiger partial charge in [0.2, 0.25) is 5.91 Å². The number of rotatable bonds is 62. The number of nitrogens with one attached hydrogen (secondary N) is 1. The average molecular weight is 1040 g/mol. The van der Waals surface area contributed by atoms with Gasteiger partial charge in [0.15, 0.2) is 0 Å². The highest BCUT2D eigenvalue weighted by Gasteiger charge is 2.18. The number of unbranched alkanes of at least 4 members (excludes halogenated alkanes) is 47. The molecule has 0 aliphatic carbocycles. The minimum absolute atomic E-state index is 0.00690. The van der Waals surface area contributed by atoms with E-state index >= 15 is 0 Å². The van der Waals surface area contributed by atoms with Crippen molar-refractivity contribution in [2.24, 2.45) is 0 Å². The van der Waals surface area contributed by atoms with E-state index in [2.05, 4.69) is 43.5 Å². The summed E-state index contributed by atoms with van der Waals surface area (Å²) in [5.74, 6) is -0.0579. The van der Waals surface area contributed by atoms with Gasteiger partial charge in [-0.25, -0.2) is 0 Å². The molecular formula is C68H129NO5. The lowest BCUT2D eigenvalue weighted by molar-refractivity contribution is -0.143. The summed E-state index contributed by atoms with van der Waals surface area (Å²) in [6.07, 6.45) is 80.8. The van der Waals surface area contributed by atoms with Crippen molar-refractivity contribution in [3.8, 4) is 0 Å². The van der Waals surface area contributed by atoms with Crippen LogP contribution in [0, 0.1) is 0 Å². The number of aliphatic hydroxyl groups is 2. The summed E-state index contributed by atoms with van der Waals surface area (Å²) in [4.78, 5) is 24.5. The zero-order chi connectivity index (χ0) is 53.6. The van der Waals surface area contributed by atoms with Gasteiger partial charge in [0.1, 0.15) is 0 Å². The second kappa shape index (κ2) is 63.6. The summed E-state index contributed by atoms with van der Waals surface area (Å²) < 4.78 is 5.49. The van der Waals surface area contributed by atoms with Crippen LogP contribution in [0.5, 0.6) is 0 Å². The number of hydrogen-bond acceptors (Lipinski definition) is 5. The van der Waals surface area contributed by atoms with E-state index in [0.717, 1.165) is 51.4 Å². The number of carbonyl (C=O) groups excluding carboxylic acids is 2. The van der Waals surface area contributed by atoms with E-state index in [1.165, 1.54) is 283 Å². The van der Waals surface area contributed by atoms with Crippen molar-refractivity contribution in [1.29, 1.82) is 0 Å². The normalized spacial score (nSPS) is 12.8. The first-order valence-electron chi connectivity index (χ1n) is 33.3. The molecule has 2 unspecified atom stereocenters. The lowest BCUT2D eigenvalue weighted by atomic mass is 10.0. The van der Waals surface area contributed by atoms with Crippen LogP contribution in [0.2, 0.25) is 0 Å². The molecule has 0 saturated heterocycles. The van der Waals surface area contributed by atoms with Gasteiger partial charge in [-0.05, 0) is 64.2 Å². The highest BCUT2D eigenvalue weighted by Crippen LogP contribution is 2.18. The van der Waals surface area contributed by atoms with Crippen molar-refractivity contribution in [3.63, 3.8) is 0 Å². The molecule has 3 N–H and O–H groups in total. The summed E-state index contributed by atoms with van der Waals surface area (Å²) in [6, 6.07) is -0.623. The fourth-order valence-corrected chi connectivity index (χ4v) is 10.3. The third-order valence-corrected chi connectivity index (χ3v) is 15.4. The minimum Gasteiger partial charge on any atom is -0.466 e. The van der Waals surface area contributed by atoms with E-state index in [4.69, 9.17) is 4.74 Å². The molecule has 0 bridgehead atoms. The highest BCUT2D eigenvalue weighted by molar-refractivity contribution is 5.76. The quantitative estimate of drug-likeness (QED) is 0.0320. The maximum Gasteiger partial charge on any atom is 0.305 e. The van der Waals surface area contributed by atoms with E-state index in [1.807, 2.05) is 6.08 Å². The van der Waals surface area contributed by atoms with Gasteiger partial charge < -0.3 is 20.3 Å². The van der Waals surface area contributed by atoms with E-state index in [-0.39, 0.29) is 18.5 Å². The van der Waals surface area contributed by atoms with Crippen LogP contribution in [-0.2, 0) is 14.3 Å². The molecule has 0 radical (unpaired) electrons. The third kappa shape index (κ3) is 59.3. The zero-order valence-corrected chi connectivity index (χ0v) is 49.8. The molecule has 0 aromatic carbocycles.